The van der Waals surface area contributed by atoms with Crippen LogP contribution in [0.2, 0.25) is 5.02 Å². The van der Waals surface area contributed by atoms with Crippen molar-refractivity contribution in [1.82, 2.24) is 9.55 Å². The molecule has 5 heteroatoms. The summed E-state index contributed by atoms with van der Waals surface area (Å²) in [6, 6.07) is 14.1. The molecule has 0 bridgehead atoms. The van der Waals surface area contributed by atoms with Gasteiger partial charge in [-0.05, 0) is 29.8 Å². The topological polar surface area (TPSA) is 27.1 Å². The second-order valence-corrected chi connectivity index (χ2v) is 6.41. The Morgan fingerprint density at radius 1 is 1.24 bits per heavy atom. The Hall–Kier alpha value is -1.36. The van der Waals surface area contributed by atoms with Crippen LogP contribution in [0.5, 0.6) is 0 Å². The van der Waals surface area contributed by atoms with Gasteiger partial charge in [0.1, 0.15) is 12.4 Å². The molecule has 0 N–H and O–H groups in total. The van der Waals surface area contributed by atoms with Crippen molar-refractivity contribution in [3.63, 3.8) is 0 Å². The third-order valence-electron chi connectivity index (χ3n) is 3.81. The zero-order chi connectivity index (χ0) is 14.4. The largest absolute Gasteiger partial charge is 0.371 e. The van der Waals surface area contributed by atoms with Gasteiger partial charge >= 0.3 is 0 Å². The molecule has 1 aliphatic rings. The predicted octanol–water partition coefficient (Wildman–Crippen LogP) is 4.57. The number of ether oxygens (including phenoxy) is 1. The Kier molecular flexibility index (Phi) is 3.25. The maximum atomic E-state index is 6.37. The van der Waals surface area contributed by atoms with E-state index in [9.17, 15) is 0 Å². The molecule has 21 heavy (non-hydrogen) atoms. The number of benzene rings is 2. The lowest BCUT2D eigenvalue weighted by molar-refractivity contribution is 0.0679. The van der Waals surface area contributed by atoms with Gasteiger partial charge in [0.05, 0.1) is 23.7 Å². The number of aromatic nitrogens is 2. The lowest BCUT2D eigenvalue weighted by atomic mass is 10.1. The monoisotopic (exact) mass is 362 g/mol. The van der Waals surface area contributed by atoms with Gasteiger partial charge in [-0.3, -0.25) is 0 Å². The summed E-state index contributed by atoms with van der Waals surface area (Å²) >= 11 is 9.91. The number of halogens is 2. The number of imidazole rings is 1. The van der Waals surface area contributed by atoms with E-state index < -0.39 is 0 Å². The molecular formula is C16H12BrClN2O. The van der Waals surface area contributed by atoms with Crippen molar-refractivity contribution in [3.05, 3.63) is 63.3 Å². The third kappa shape index (κ3) is 2.18. The minimum Gasteiger partial charge on any atom is -0.371 e. The first-order valence-corrected chi connectivity index (χ1v) is 7.89. The summed E-state index contributed by atoms with van der Waals surface area (Å²) in [7, 11) is 0. The van der Waals surface area contributed by atoms with Crippen molar-refractivity contribution in [2.45, 2.75) is 12.6 Å². The Bertz CT molecular complexity index is 830. The zero-order valence-electron chi connectivity index (χ0n) is 11.1. The van der Waals surface area contributed by atoms with Crippen molar-refractivity contribution in [2.24, 2.45) is 0 Å². The lowest BCUT2D eigenvalue weighted by Gasteiger charge is -2.27. The van der Waals surface area contributed by atoms with Crippen LogP contribution < -0.4 is 0 Å². The molecule has 1 aromatic heterocycles. The summed E-state index contributed by atoms with van der Waals surface area (Å²) in [4.78, 5) is 4.67. The Morgan fingerprint density at radius 2 is 2.10 bits per heavy atom. The highest BCUT2D eigenvalue weighted by Crippen LogP contribution is 2.34. The molecule has 0 fully saturated rings. The van der Waals surface area contributed by atoms with Crippen molar-refractivity contribution in [3.8, 4) is 0 Å². The van der Waals surface area contributed by atoms with E-state index in [0.29, 0.717) is 13.2 Å². The molecule has 0 aliphatic carbocycles. The first-order valence-electron chi connectivity index (χ1n) is 6.72. The average Bonchev–Trinajstić information content (AvgIpc) is 2.86. The highest BCUT2D eigenvalue weighted by atomic mass is 79.9. The molecule has 106 valence electrons. The summed E-state index contributed by atoms with van der Waals surface area (Å²) in [5, 5.41) is 0.760. The van der Waals surface area contributed by atoms with Gasteiger partial charge < -0.3 is 9.30 Å². The van der Waals surface area contributed by atoms with Crippen LogP contribution >= 0.6 is 27.5 Å². The smallest absolute Gasteiger partial charge is 0.136 e. The van der Waals surface area contributed by atoms with E-state index in [1.165, 1.54) is 0 Å². The number of fused-ring (bicyclic) bond motifs is 3. The van der Waals surface area contributed by atoms with E-state index in [4.69, 9.17) is 16.3 Å². The minimum absolute atomic E-state index is 0.0572. The minimum atomic E-state index is 0.0572. The molecule has 2 heterocycles. The number of rotatable bonds is 1. The molecule has 3 aromatic rings. The van der Waals surface area contributed by atoms with E-state index in [2.05, 4.69) is 37.6 Å². The van der Waals surface area contributed by atoms with Crippen LogP contribution in [-0.4, -0.2) is 16.2 Å². The van der Waals surface area contributed by atoms with Gasteiger partial charge in [0.25, 0.3) is 0 Å². The summed E-state index contributed by atoms with van der Waals surface area (Å²) in [6.45, 7) is 1.14. The second kappa shape index (κ2) is 5.13. The van der Waals surface area contributed by atoms with Crippen molar-refractivity contribution in [1.29, 1.82) is 0 Å². The maximum absolute atomic E-state index is 6.37. The standard InChI is InChI=1S/C16H12BrClN2O/c17-10-5-6-13-14(7-10)20-15(8-21-9-16(20)19-13)11-3-1-2-4-12(11)18/h1-7,15H,8-9H2/t15-/m1/s1. The van der Waals surface area contributed by atoms with Crippen LogP contribution in [0.1, 0.15) is 17.4 Å². The first kappa shape index (κ1) is 13.3. The van der Waals surface area contributed by atoms with Gasteiger partial charge in [0.2, 0.25) is 0 Å². The van der Waals surface area contributed by atoms with Crippen molar-refractivity contribution < 1.29 is 4.74 Å². The fourth-order valence-corrected chi connectivity index (χ4v) is 3.49. The highest BCUT2D eigenvalue weighted by Gasteiger charge is 2.26. The molecule has 0 amide bonds. The molecule has 4 rings (SSSR count). The molecule has 2 aromatic carbocycles. The van der Waals surface area contributed by atoms with E-state index in [-0.39, 0.29) is 6.04 Å². The lowest BCUT2D eigenvalue weighted by Crippen LogP contribution is -2.24. The SMILES string of the molecule is Clc1ccccc1[C@H]1COCc2nc3ccc(Br)cc3n21. The quantitative estimate of drug-likeness (QED) is 0.633. The molecule has 3 nitrogen and oxygen atoms in total. The van der Waals surface area contributed by atoms with Crippen LogP contribution in [0.25, 0.3) is 11.0 Å². The fraction of sp³-hybridized carbons (Fsp3) is 0.188. The molecule has 0 radical (unpaired) electrons. The first-order chi connectivity index (χ1) is 10.2. The third-order valence-corrected chi connectivity index (χ3v) is 4.64. The van der Waals surface area contributed by atoms with Gasteiger partial charge in [-0.15, -0.1) is 0 Å². The highest BCUT2D eigenvalue weighted by molar-refractivity contribution is 9.10. The normalized spacial score (nSPS) is 17.9. The van der Waals surface area contributed by atoms with Crippen LogP contribution in [0.15, 0.2) is 46.9 Å². The van der Waals surface area contributed by atoms with Gasteiger partial charge in [-0.2, -0.15) is 0 Å². The summed E-state index contributed by atoms with van der Waals surface area (Å²) in [6.07, 6.45) is 0. The molecule has 0 saturated heterocycles. The van der Waals surface area contributed by atoms with Crippen LogP contribution in [0.4, 0.5) is 0 Å². The fourth-order valence-electron chi connectivity index (χ4n) is 2.88. The molecule has 1 atom stereocenters. The predicted molar refractivity (Wildman–Crippen MR) is 86.7 cm³/mol. The summed E-state index contributed by atoms with van der Waals surface area (Å²) in [5.74, 6) is 0.944. The molecule has 0 unspecified atom stereocenters. The summed E-state index contributed by atoms with van der Waals surface area (Å²) in [5.41, 5.74) is 3.16. The van der Waals surface area contributed by atoms with E-state index >= 15 is 0 Å². The van der Waals surface area contributed by atoms with Crippen molar-refractivity contribution >= 4 is 38.6 Å². The Balaban J connectivity index is 1.97. The van der Waals surface area contributed by atoms with Gasteiger partial charge in [0.15, 0.2) is 0 Å². The Labute approximate surface area is 135 Å². The Morgan fingerprint density at radius 3 is 2.95 bits per heavy atom. The zero-order valence-corrected chi connectivity index (χ0v) is 13.4. The molecule has 1 aliphatic heterocycles. The maximum Gasteiger partial charge on any atom is 0.136 e. The van der Waals surface area contributed by atoms with E-state index in [0.717, 1.165) is 31.9 Å². The second-order valence-electron chi connectivity index (χ2n) is 5.08. The van der Waals surface area contributed by atoms with E-state index in [1.54, 1.807) is 0 Å². The summed E-state index contributed by atoms with van der Waals surface area (Å²) < 4.78 is 9.01. The van der Waals surface area contributed by atoms with Crippen LogP contribution in [-0.2, 0) is 11.3 Å². The van der Waals surface area contributed by atoms with Crippen LogP contribution in [0.3, 0.4) is 0 Å². The molecular weight excluding hydrogens is 352 g/mol. The van der Waals surface area contributed by atoms with Crippen molar-refractivity contribution in [2.75, 3.05) is 6.61 Å². The molecule has 0 saturated carbocycles. The average molecular weight is 364 g/mol. The van der Waals surface area contributed by atoms with Crippen LogP contribution in [0, 0.1) is 0 Å². The number of hydrogen-bond donors (Lipinski definition) is 0. The van der Waals surface area contributed by atoms with Gasteiger partial charge in [-0.25, -0.2) is 4.98 Å². The van der Waals surface area contributed by atoms with E-state index in [1.807, 2.05) is 30.3 Å². The number of nitrogens with zero attached hydrogens (tertiary/aromatic N) is 2. The number of hydrogen-bond acceptors (Lipinski definition) is 2. The van der Waals surface area contributed by atoms with Gasteiger partial charge in [0, 0.05) is 9.50 Å². The van der Waals surface area contributed by atoms with Gasteiger partial charge in [-0.1, -0.05) is 45.7 Å². The molecule has 0 spiro atoms.